The molecular weight excluding hydrogens is 254 g/mol. The number of piperidine rings is 1. The molecule has 2 aliphatic rings. The highest BCUT2D eigenvalue weighted by Crippen LogP contribution is 2.31. The SMILES string of the molecule is CC(=O)C1CCN(CC2COc3ccccc3O2)CC1. The third-order valence-electron chi connectivity index (χ3n) is 4.19. The minimum Gasteiger partial charge on any atom is -0.486 e. The van der Waals surface area contributed by atoms with E-state index in [0.717, 1.165) is 44.0 Å². The van der Waals surface area contributed by atoms with Gasteiger partial charge in [-0.2, -0.15) is 0 Å². The number of rotatable bonds is 3. The molecule has 1 saturated heterocycles. The Labute approximate surface area is 119 Å². The van der Waals surface area contributed by atoms with Crippen LogP contribution in [0.4, 0.5) is 0 Å². The van der Waals surface area contributed by atoms with Crippen LogP contribution in [0.5, 0.6) is 11.5 Å². The highest BCUT2D eigenvalue weighted by molar-refractivity contribution is 5.78. The number of carbonyl (C=O) groups excluding carboxylic acids is 1. The van der Waals surface area contributed by atoms with Crippen molar-refractivity contribution in [2.45, 2.75) is 25.9 Å². The molecule has 1 unspecified atom stereocenters. The van der Waals surface area contributed by atoms with Crippen LogP contribution in [0.25, 0.3) is 0 Å². The zero-order valence-corrected chi connectivity index (χ0v) is 11.9. The fraction of sp³-hybridized carbons (Fsp3) is 0.562. The Hall–Kier alpha value is -1.55. The van der Waals surface area contributed by atoms with Gasteiger partial charge in [0, 0.05) is 12.5 Å². The molecule has 0 N–H and O–H groups in total. The lowest BCUT2D eigenvalue weighted by Gasteiger charge is -2.35. The highest BCUT2D eigenvalue weighted by Gasteiger charge is 2.27. The molecule has 2 aliphatic heterocycles. The first-order chi connectivity index (χ1) is 9.72. The summed E-state index contributed by atoms with van der Waals surface area (Å²) in [5, 5.41) is 0. The fourth-order valence-corrected chi connectivity index (χ4v) is 2.96. The summed E-state index contributed by atoms with van der Waals surface area (Å²) in [6, 6.07) is 7.80. The Morgan fingerprint density at radius 2 is 1.95 bits per heavy atom. The Bertz CT molecular complexity index is 480. The number of Topliss-reactive ketones (excluding diaryl/α,β-unsaturated/α-hetero) is 1. The van der Waals surface area contributed by atoms with Crippen LogP contribution in [0.1, 0.15) is 19.8 Å². The van der Waals surface area contributed by atoms with E-state index in [1.165, 1.54) is 0 Å². The van der Waals surface area contributed by atoms with Crippen LogP contribution in [0.3, 0.4) is 0 Å². The summed E-state index contributed by atoms with van der Waals surface area (Å²) in [6.45, 7) is 5.13. The van der Waals surface area contributed by atoms with E-state index < -0.39 is 0 Å². The highest BCUT2D eigenvalue weighted by atomic mass is 16.6. The number of para-hydroxylation sites is 2. The molecule has 0 spiro atoms. The molecule has 20 heavy (non-hydrogen) atoms. The molecule has 0 saturated carbocycles. The van der Waals surface area contributed by atoms with Crippen molar-refractivity contribution >= 4 is 5.78 Å². The predicted octanol–water partition coefficient (Wildman–Crippen LogP) is 2.13. The van der Waals surface area contributed by atoms with Crippen molar-refractivity contribution in [1.29, 1.82) is 0 Å². The zero-order valence-electron chi connectivity index (χ0n) is 11.9. The standard InChI is InChI=1S/C16H21NO3/c1-12(18)13-6-8-17(9-7-13)10-14-11-19-15-4-2-3-5-16(15)20-14/h2-5,13-14H,6-11H2,1H3. The van der Waals surface area contributed by atoms with E-state index >= 15 is 0 Å². The van der Waals surface area contributed by atoms with E-state index in [1.54, 1.807) is 6.92 Å². The minimum atomic E-state index is 0.0822. The third-order valence-corrected chi connectivity index (χ3v) is 4.19. The monoisotopic (exact) mass is 275 g/mol. The van der Waals surface area contributed by atoms with Gasteiger partial charge in [-0.15, -0.1) is 0 Å². The van der Waals surface area contributed by atoms with E-state index in [2.05, 4.69) is 4.90 Å². The molecule has 0 aliphatic carbocycles. The van der Waals surface area contributed by atoms with Crippen molar-refractivity contribution in [3.05, 3.63) is 24.3 Å². The molecule has 0 bridgehead atoms. The van der Waals surface area contributed by atoms with E-state index in [-0.39, 0.29) is 12.0 Å². The minimum absolute atomic E-state index is 0.0822. The Morgan fingerprint density at radius 1 is 1.25 bits per heavy atom. The van der Waals surface area contributed by atoms with Crippen LogP contribution in [0.2, 0.25) is 0 Å². The van der Waals surface area contributed by atoms with Gasteiger partial charge in [-0.25, -0.2) is 0 Å². The van der Waals surface area contributed by atoms with Crippen molar-refractivity contribution in [2.75, 3.05) is 26.2 Å². The number of ether oxygens (including phenoxy) is 2. The topological polar surface area (TPSA) is 38.8 Å². The lowest BCUT2D eigenvalue weighted by Crippen LogP contribution is -2.44. The summed E-state index contributed by atoms with van der Waals surface area (Å²) in [5.74, 6) is 2.26. The number of hydrogen-bond acceptors (Lipinski definition) is 4. The summed E-state index contributed by atoms with van der Waals surface area (Å²) in [5.41, 5.74) is 0. The van der Waals surface area contributed by atoms with E-state index in [4.69, 9.17) is 9.47 Å². The number of fused-ring (bicyclic) bond motifs is 1. The van der Waals surface area contributed by atoms with Crippen LogP contribution in [0, 0.1) is 5.92 Å². The summed E-state index contributed by atoms with van der Waals surface area (Å²) in [7, 11) is 0. The molecule has 4 heteroatoms. The molecule has 108 valence electrons. The van der Waals surface area contributed by atoms with Gasteiger partial charge in [0.1, 0.15) is 18.5 Å². The Balaban J connectivity index is 1.52. The van der Waals surface area contributed by atoms with Crippen LogP contribution < -0.4 is 9.47 Å². The van der Waals surface area contributed by atoms with Gasteiger partial charge in [-0.1, -0.05) is 12.1 Å². The smallest absolute Gasteiger partial charge is 0.161 e. The average Bonchev–Trinajstić information content (AvgIpc) is 2.48. The van der Waals surface area contributed by atoms with Gasteiger partial charge < -0.3 is 9.47 Å². The maximum atomic E-state index is 11.4. The summed E-state index contributed by atoms with van der Waals surface area (Å²) < 4.78 is 11.7. The van der Waals surface area contributed by atoms with E-state index in [9.17, 15) is 4.79 Å². The predicted molar refractivity (Wildman–Crippen MR) is 76.2 cm³/mol. The number of benzene rings is 1. The first-order valence-corrected chi connectivity index (χ1v) is 7.33. The second-order valence-corrected chi connectivity index (χ2v) is 5.68. The van der Waals surface area contributed by atoms with Crippen LogP contribution in [-0.2, 0) is 4.79 Å². The quantitative estimate of drug-likeness (QED) is 0.847. The normalized spacial score (nSPS) is 23.6. The molecule has 1 aromatic carbocycles. The van der Waals surface area contributed by atoms with Crippen molar-refractivity contribution in [2.24, 2.45) is 5.92 Å². The Morgan fingerprint density at radius 3 is 2.65 bits per heavy atom. The largest absolute Gasteiger partial charge is 0.486 e. The molecule has 0 radical (unpaired) electrons. The summed E-state index contributed by atoms with van der Waals surface area (Å²) >= 11 is 0. The van der Waals surface area contributed by atoms with Gasteiger partial charge in [0.15, 0.2) is 11.5 Å². The van der Waals surface area contributed by atoms with Crippen molar-refractivity contribution in [3.8, 4) is 11.5 Å². The first kappa shape index (κ1) is 13.4. The van der Waals surface area contributed by atoms with Gasteiger partial charge in [0.2, 0.25) is 0 Å². The van der Waals surface area contributed by atoms with Crippen LogP contribution in [0.15, 0.2) is 24.3 Å². The number of likely N-dealkylation sites (tertiary alicyclic amines) is 1. The van der Waals surface area contributed by atoms with Gasteiger partial charge in [-0.3, -0.25) is 9.69 Å². The molecule has 1 aromatic rings. The van der Waals surface area contributed by atoms with E-state index in [1.807, 2.05) is 24.3 Å². The van der Waals surface area contributed by atoms with Gasteiger partial charge in [0.05, 0.1) is 0 Å². The molecular formula is C16H21NO3. The van der Waals surface area contributed by atoms with E-state index in [0.29, 0.717) is 12.4 Å². The van der Waals surface area contributed by atoms with Gasteiger partial charge in [0.25, 0.3) is 0 Å². The second-order valence-electron chi connectivity index (χ2n) is 5.68. The molecule has 3 rings (SSSR count). The summed E-state index contributed by atoms with van der Waals surface area (Å²) in [6.07, 6.45) is 2.03. The maximum absolute atomic E-state index is 11.4. The van der Waals surface area contributed by atoms with Gasteiger partial charge in [-0.05, 0) is 45.0 Å². The molecule has 2 heterocycles. The Kier molecular flexibility index (Phi) is 3.92. The van der Waals surface area contributed by atoms with Crippen molar-refractivity contribution in [3.63, 3.8) is 0 Å². The number of carbonyl (C=O) groups is 1. The van der Waals surface area contributed by atoms with Crippen LogP contribution in [-0.4, -0.2) is 43.0 Å². The second kappa shape index (κ2) is 5.83. The average molecular weight is 275 g/mol. The fourth-order valence-electron chi connectivity index (χ4n) is 2.96. The van der Waals surface area contributed by atoms with Gasteiger partial charge >= 0.3 is 0 Å². The van der Waals surface area contributed by atoms with Crippen molar-refractivity contribution in [1.82, 2.24) is 4.90 Å². The molecule has 1 fully saturated rings. The third kappa shape index (κ3) is 2.96. The summed E-state index contributed by atoms with van der Waals surface area (Å²) in [4.78, 5) is 13.7. The van der Waals surface area contributed by atoms with Crippen LogP contribution >= 0.6 is 0 Å². The lowest BCUT2D eigenvalue weighted by atomic mass is 9.93. The molecule has 0 amide bonds. The number of ketones is 1. The molecule has 4 nitrogen and oxygen atoms in total. The molecule has 0 aromatic heterocycles. The number of nitrogens with zero attached hydrogens (tertiary/aromatic N) is 1. The first-order valence-electron chi connectivity index (χ1n) is 7.33. The lowest BCUT2D eigenvalue weighted by molar-refractivity contribution is -0.122. The number of hydrogen-bond donors (Lipinski definition) is 0. The van der Waals surface area contributed by atoms with Crippen molar-refractivity contribution < 1.29 is 14.3 Å². The molecule has 1 atom stereocenters. The zero-order chi connectivity index (χ0) is 13.9. The maximum Gasteiger partial charge on any atom is 0.161 e.